The molecule has 4 heteroatoms. The molecular weight excluding hydrogens is 466 g/mol. The molecule has 0 atom stereocenters. The topological polar surface area (TPSA) is 48.8 Å². The van der Waals surface area contributed by atoms with Crippen LogP contribution in [0.25, 0.3) is 32.0 Å². The van der Waals surface area contributed by atoms with Gasteiger partial charge in [-0.05, 0) is 66.9 Å². The quantitative estimate of drug-likeness (QED) is 0.106. The van der Waals surface area contributed by atoms with Crippen molar-refractivity contribution in [1.82, 2.24) is 0 Å². The van der Waals surface area contributed by atoms with Crippen molar-refractivity contribution in [3.05, 3.63) is 153 Å². The van der Waals surface area contributed by atoms with Gasteiger partial charge in [0.25, 0.3) is 0 Å². The van der Waals surface area contributed by atoms with E-state index < -0.39 is 8.07 Å². The lowest BCUT2D eigenvalue weighted by Gasteiger charge is -2.27. The molecule has 1 heterocycles. The van der Waals surface area contributed by atoms with Crippen LogP contribution in [0.5, 0.6) is 0 Å². The lowest BCUT2D eigenvalue weighted by Crippen LogP contribution is -2.28. The highest BCUT2D eigenvalue weighted by atomic mass is 28.3. The maximum atomic E-state index is 8.74. The van der Waals surface area contributed by atoms with Gasteiger partial charge >= 0.3 is 0 Å². The Hall–Kier alpha value is -4.11. The fourth-order valence-corrected chi connectivity index (χ4v) is 9.41. The second-order valence-electron chi connectivity index (χ2n) is 9.99. The van der Waals surface area contributed by atoms with Crippen molar-refractivity contribution in [3.63, 3.8) is 0 Å². The van der Waals surface area contributed by atoms with Crippen LogP contribution >= 0.6 is 0 Å². The Kier molecular flexibility index (Phi) is 6.96. The molecule has 3 nitrogen and oxygen atoms in total. The van der Waals surface area contributed by atoms with Crippen LogP contribution in [0.1, 0.15) is 40.3 Å². The monoisotopic (exact) mass is 497 g/mol. The standard InChI is InChI=1S/C33H31N3Si/c1-4-24-15-19-28(20-16-24)32-30(26-11-7-5-8-12-26)31(27-13-9-6-10-14-27)33(37(32,2)3)29-21-17-25(18-22-29)23-35-36-34/h5-22H,4,23H2,1-3H3. The summed E-state index contributed by atoms with van der Waals surface area (Å²) in [4.78, 5) is 2.92. The van der Waals surface area contributed by atoms with Gasteiger partial charge in [0.05, 0.1) is 6.54 Å². The molecule has 37 heavy (non-hydrogen) atoms. The fraction of sp³-hybridized carbons (Fsp3) is 0.152. The van der Waals surface area contributed by atoms with Crippen LogP contribution in [0.4, 0.5) is 0 Å². The number of azide groups is 1. The Balaban J connectivity index is 1.81. The van der Waals surface area contributed by atoms with Crippen LogP contribution in [0.3, 0.4) is 0 Å². The van der Waals surface area contributed by atoms with Crippen molar-refractivity contribution in [1.29, 1.82) is 0 Å². The Labute approximate surface area is 220 Å². The molecule has 0 spiro atoms. The largest absolute Gasteiger partial charge is 0.115 e. The van der Waals surface area contributed by atoms with Crippen LogP contribution in [0.2, 0.25) is 13.1 Å². The number of hydrogen-bond donors (Lipinski definition) is 0. The first kappa shape index (κ1) is 24.6. The van der Waals surface area contributed by atoms with Crippen LogP contribution in [-0.4, -0.2) is 8.07 Å². The number of hydrogen-bond acceptors (Lipinski definition) is 1. The van der Waals surface area contributed by atoms with Gasteiger partial charge in [0.2, 0.25) is 0 Å². The van der Waals surface area contributed by atoms with E-state index in [0.29, 0.717) is 6.54 Å². The highest BCUT2D eigenvalue weighted by Gasteiger charge is 2.43. The number of aryl methyl sites for hydroxylation is 1. The zero-order valence-electron chi connectivity index (χ0n) is 21.6. The molecule has 5 rings (SSSR count). The minimum Gasteiger partial charge on any atom is -0.0893 e. The second kappa shape index (κ2) is 10.5. The maximum Gasteiger partial charge on any atom is 0.115 e. The highest BCUT2D eigenvalue weighted by Crippen LogP contribution is 2.55. The number of nitrogens with zero attached hydrogens (tertiary/aromatic N) is 3. The van der Waals surface area contributed by atoms with E-state index in [1.165, 1.54) is 49.4 Å². The SMILES string of the molecule is CCc1ccc(C2=C(c3ccccc3)C(c3ccccc3)=C(c3ccc(CN=[N+]=[N-])cc3)[Si]2(C)C)cc1. The minimum atomic E-state index is -2.17. The molecule has 0 amide bonds. The zero-order chi connectivity index (χ0) is 25.8. The van der Waals surface area contributed by atoms with Crippen molar-refractivity contribution in [2.75, 3.05) is 0 Å². The van der Waals surface area contributed by atoms with Gasteiger partial charge < -0.3 is 0 Å². The summed E-state index contributed by atoms with van der Waals surface area (Å²) in [5.41, 5.74) is 18.9. The van der Waals surface area contributed by atoms with E-state index in [2.05, 4.69) is 139 Å². The van der Waals surface area contributed by atoms with Crippen molar-refractivity contribution >= 4 is 29.6 Å². The maximum absolute atomic E-state index is 8.74. The van der Waals surface area contributed by atoms with Crippen molar-refractivity contribution in [2.45, 2.75) is 33.0 Å². The van der Waals surface area contributed by atoms with Gasteiger partial charge in [-0.2, -0.15) is 0 Å². The van der Waals surface area contributed by atoms with Gasteiger partial charge in [0, 0.05) is 4.91 Å². The molecule has 0 unspecified atom stereocenters. The third kappa shape index (κ3) is 4.70. The first-order valence-electron chi connectivity index (χ1n) is 12.8. The summed E-state index contributed by atoms with van der Waals surface area (Å²) in [5, 5.41) is 6.67. The van der Waals surface area contributed by atoms with Gasteiger partial charge in [-0.1, -0.05) is 134 Å². The van der Waals surface area contributed by atoms with Crippen molar-refractivity contribution in [2.24, 2.45) is 5.11 Å². The van der Waals surface area contributed by atoms with E-state index in [4.69, 9.17) is 5.53 Å². The van der Waals surface area contributed by atoms with Gasteiger partial charge in [-0.15, -0.1) is 0 Å². The smallest absolute Gasteiger partial charge is 0.0893 e. The third-order valence-corrected chi connectivity index (χ3v) is 10.9. The number of allylic oxidation sites excluding steroid dienone is 2. The Morgan fingerprint density at radius 2 is 1.03 bits per heavy atom. The van der Waals surface area contributed by atoms with E-state index in [9.17, 15) is 0 Å². The van der Waals surface area contributed by atoms with Gasteiger partial charge in [0.15, 0.2) is 0 Å². The molecule has 0 bridgehead atoms. The molecule has 0 saturated carbocycles. The van der Waals surface area contributed by atoms with Gasteiger partial charge in [0.1, 0.15) is 8.07 Å². The molecule has 0 aliphatic carbocycles. The summed E-state index contributed by atoms with van der Waals surface area (Å²) in [6, 6.07) is 39.5. The van der Waals surface area contributed by atoms with Crippen LogP contribution in [0, 0.1) is 0 Å². The summed E-state index contributed by atoms with van der Waals surface area (Å²) in [7, 11) is -2.17. The average molecular weight is 498 g/mol. The highest BCUT2D eigenvalue weighted by molar-refractivity contribution is 7.13. The van der Waals surface area contributed by atoms with E-state index in [0.717, 1.165) is 12.0 Å². The molecule has 0 saturated heterocycles. The first-order valence-corrected chi connectivity index (χ1v) is 15.8. The molecule has 182 valence electrons. The number of rotatable bonds is 7. The summed E-state index contributed by atoms with van der Waals surface area (Å²) < 4.78 is 0. The molecule has 0 aromatic heterocycles. The van der Waals surface area contributed by atoms with Crippen molar-refractivity contribution < 1.29 is 0 Å². The Bertz CT molecular complexity index is 1510. The first-order chi connectivity index (χ1) is 18.0. The average Bonchev–Trinajstić information content (AvgIpc) is 3.20. The van der Waals surface area contributed by atoms with Crippen LogP contribution in [0.15, 0.2) is 114 Å². The van der Waals surface area contributed by atoms with Crippen molar-refractivity contribution in [3.8, 4) is 0 Å². The summed E-state index contributed by atoms with van der Waals surface area (Å²) in [6.45, 7) is 7.54. The van der Waals surface area contributed by atoms with E-state index in [-0.39, 0.29) is 0 Å². The molecule has 4 aromatic carbocycles. The molecule has 0 N–H and O–H groups in total. The second-order valence-corrected chi connectivity index (χ2v) is 14.2. The van der Waals surface area contributed by atoms with Gasteiger partial charge in [-0.3, -0.25) is 0 Å². The van der Waals surface area contributed by atoms with E-state index >= 15 is 0 Å². The molecule has 0 radical (unpaired) electrons. The van der Waals surface area contributed by atoms with E-state index in [1.807, 2.05) is 0 Å². The predicted octanol–water partition coefficient (Wildman–Crippen LogP) is 9.38. The Morgan fingerprint density at radius 1 is 0.595 bits per heavy atom. The van der Waals surface area contributed by atoms with Crippen LogP contribution < -0.4 is 0 Å². The summed E-state index contributed by atoms with van der Waals surface area (Å²) in [5.74, 6) is 0. The normalized spacial score (nSPS) is 14.6. The summed E-state index contributed by atoms with van der Waals surface area (Å²) >= 11 is 0. The third-order valence-electron chi connectivity index (χ3n) is 7.33. The minimum absolute atomic E-state index is 0.366. The predicted molar refractivity (Wildman–Crippen MR) is 159 cm³/mol. The number of benzene rings is 4. The molecule has 0 fully saturated rings. The molecular formula is C33H31N3Si. The van der Waals surface area contributed by atoms with Gasteiger partial charge in [-0.25, -0.2) is 0 Å². The molecule has 4 aromatic rings. The zero-order valence-corrected chi connectivity index (χ0v) is 22.6. The molecule has 1 aliphatic rings. The van der Waals surface area contributed by atoms with Crippen LogP contribution in [-0.2, 0) is 13.0 Å². The summed E-state index contributed by atoms with van der Waals surface area (Å²) in [6.07, 6.45) is 1.03. The lowest BCUT2D eigenvalue weighted by molar-refractivity contribution is 1.05. The Morgan fingerprint density at radius 3 is 1.43 bits per heavy atom. The van der Waals surface area contributed by atoms with E-state index in [1.54, 1.807) is 0 Å². The lowest BCUT2D eigenvalue weighted by atomic mass is 9.89. The molecule has 1 aliphatic heterocycles. The fourth-order valence-electron chi connectivity index (χ4n) is 5.59.